The standard InChI is InChI=1S/C11H19NO/c1-11(2,3)12-8-9-6-4-5-7-10(9)13-12/h4-8H2,1-3H3. The van der Waals surface area contributed by atoms with Gasteiger partial charge in [-0.2, -0.15) is 0 Å². The lowest BCUT2D eigenvalue weighted by atomic mass is 9.98. The number of rotatable bonds is 0. The normalized spacial score (nSPS) is 24.5. The average Bonchev–Trinajstić information content (AvgIpc) is 2.45. The summed E-state index contributed by atoms with van der Waals surface area (Å²) < 4.78 is 0. The van der Waals surface area contributed by atoms with Gasteiger partial charge in [0.1, 0.15) is 5.76 Å². The van der Waals surface area contributed by atoms with E-state index in [1.54, 1.807) is 5.57 Å². The van der Waals surface area contributed by atoms with Gasteiger partial charge in [-0.15, -0.1) is 5.06 Å². The van der Waals surface area contributed by atoms with Crippen LogP contribution < -0.4 is 0 Å². The fourth-order valence-corrected chi connectivity index (χ4v) is 1.93. The monoisotopic (exact) mass is 181 g/mol. The number of allylic oxidation sites excluding steroid dienone is 1. The van der Waals surface area contributed by atoms with Crippen LogP contribution in [0.25, 0.3) is 0 Å². The van der Waals surface area contributed by atoms with E-state index in [1.807, 2.05) is 0 Å². The van der Waals surface area contributed by atoms with Gasteiger partial charge >= 0.3 is 0 Å². The van der Waals surface area contributed by atoms with Gasteiger partial charge in [-0.25, -0.2) is 0 Å². The van der Waals surface area contributed by atoms with Crippen LogP contribution in [0.1, 0.15) is 46.5 Å². The molecule has 1 heterocycles. The maximum Gasteiger partial charge on any atom is 0.125 e. The van der Waals surface area contributed by atoms with Crippen molar-refractivity contribution in [3.05, 3.63) is 11.3 Å². The summed E-state index contributed by atoms with van der Waals surface area (Å²) in [6, 6.07) is 0. The quantitative estimate of drug-likeness (QED) is 0.569. The Labute approximate surface area is 80.5 Å². The molecule has 0 saturated heterocycles. The van der Waals surface area contributed by atoms with Gasteiger partial charge < -0.3 is 4.84 Å². The fourth-order valence-electron chi connectivity index (χ4n) is 1.93. The summed E-state index contributed by atoms with van der Waals surface area (Å²) >= 11 is 0. The summed E-state index contributed by atoms with van der Waals surface area (Å²) in [5.41, 5.74) is 1.68. The Kier molecular flexibility index (Phi) is 2.11. The van der Waals surface area contributed by atoms with Crippen molar-refractivity contribution in [2.75, 3.05) is 6.54 Å². The molecule has 13 heavy (non-hydrogen) atoms. The number of hydroxylamine groups is 2. The summed E-state index contributed by atoms with van der Waals surface area (Å²) in [6.07, 6.45) is 5.06. The lowest BCUT2D eigenvalue weighted by Gasteiger charge is -2.30. The van der Waals surface area contributed by atoms with Crippen LogP contribution in [-0.2, 0) is 4.84 Å². The summed E-state index contributed by atoms with van der Waals surface area (Å²) in [6.45, 7) is 7.63. The molecule has 0 saturated carbocycles. The van der Waals surface area contributed by atoms with Crippen LogP contribution in [0.2, 0.25) is 0 Å². The Balaban J connectivity index is 2.06. The van der Waals surface area contributed by atoms with Gasteiger partial charge in [0.25, 0.3) is 0 Å². The first-order valence-corrected chi connectivity index (χ1v) is 5.24. The second kappa shape index (κ2) is 3.02. The van der Waals surface area contributed by atoms with E-state index < -0.39 is 0 Å². The Bertz CT molecular complexity index is 219. The maximum absolute atomic E-state index is 5.84. The van der Waals surface area contributed by atoms with Crippen LogP contribution in [-0.4, -0.2) is 17.1 Å². The Hall–Kier alpha value is -0.500. The Morgan fingerprint density at radius 3 is 2.46 bits per heavy atom. The molecule has 0 amide bonds. The highest BCUT2D eigenvalue weighted by Crippen LogP contribution is 2.34. The summed E-state index contributed by atoms with van der Waals surface area (Å²) in [7, 11) is 0. The third-order valence-corrected chi connectivity index (χ3v) is 2.83. The smallest absolute Gasteiger partial charge is 0.125 e. The third-order valence-electron chi connectivity index (χ3n) is 2.83. The molecule has 0 aromatic carbocycles. The van der Waals surface area contributed by atoms with Crippen LogP contribution in [0.3, 0.4) is 0 Å². The molecule has 1 aliphatic heterocycles. The van der Waals surface area contributed by atoms with E-state index in [4.69, 9.17) is 4.84 Å². The molecule has 0 bridgehead atoms. The minimum Gasteiger partial charge on any atom is -0.410 e. The fraction of sp³-hybridized carbons (Fsp3) is 0.818. The second-order valence-electron chi connectivity index (χ2n) is 5.03. The van der Waals surface area contributed by atoms with Crippen LogP contribution in [0, 0.1) is 0 Å². The highest BCUT2D eigenvalue weighted by Gasteiger charge is 2.32. The first-order valence-electron chi connectivity index (χ1n) is 5.24. The van der Waals surface area contributed by atoms with Gasteiger partial charge in [-0.3, -0.25) is 0 Å². The third kappa shape index (κ3) is 1.73. The molecule has 0 radical (unpaired) electrons. The lowest BCUT2D eigenvalue weighted by molar-refractivity contribution is -0.154. The molecule has 2 aliphatic rings. The molecule has 0 atom stereocenters. The van der Waals surface area contributed by atoms with Crippen LogP contribution in [0.4, 0.5) is 0 Å². The molecule has 0 aromatic rings. The van der Waals surface area contributed by atoms with E-state index >= 15 is 0 Å². The van der Waals surface area contributed by atoms with E-state index in [9.17, 15) is 0 Å². The van der Waals surface area contributed by atoms with Crippen molar-refractivity contribution < 1.29 is 4.84 Å². The zero-order chi connectivity index (χ0) is 9.47. The van der Waals surface area contributed by atoms with Gasteiger partial charge in [0.15, 0.2) is 0 Å². The molecule has 0 N–H and O–H groups in total. The minimum atomic E-state index is 0.136. The number of hydrogen-bond donors (Lipinski definition) is 0. The first kappa shape index (κ1) is 9.07. The van der Waals surface area contributed by atoms with Crippen LogP contribution in [0.5, 0.6) is 0 Å². The van der Waals surface area contributed by atoms with Crippen molar-refractivity contribution in [1.82, 2.24) is 5.06 Å². The van der Waals surface area contributed by atoms with Crippen molar-refractivity contribution in [1.29, 1.82) is 0 Å². The van der Waals surface area contributed by atoms with E-state index in [0.29, 0.717) is 0 Å². The van der Waals surface area contributed by atoms with Gasteiger partial charge in [0.05, 0.1) is 6.54 Å². The van der Waals surface area contributed by atoms with E-state index in [-0.39, 0.29) is 5.54 Å². The second-order valence-corrected chi connectivity index (χ2v) is 5.03. The van der Waals surface area contributed by atoms with Gasteiger partial charge in [0, 0.05) is 12.0 Å². The molecule has 2 rings (SSSR count). The van der Waals surface area contributed by atoms with E-state index in [2.05, 4.69) is 25.8 Å². The predicted molar refractivity (Wildman–Crippen MR) is 53.0 cm³/mol. The number of hydrogen-bond acceptors (Lipinski definition) is 2. The summed E-state index contributed by atoms with van der Waals surface area (Å²) in [5, 5.41) is 2.11. The lowest BCUT2D eigenvalue weighted by Crippen LogP contribution is -2.38. The Morgan fingerprint density at radius 1 is 1.15 bits per heavy atom. The summed E-state index contributed by atoms with van der Waals surface area (Å²) in [5.74, 6) is 1.26. The number of nitrogens with zero attached hydrogens (tertiary/aromatic N) is 1. The van der Waals surface area contributed by atoms with Gasteiger partial charge in [0.2, 0.25) is 0 Å². The van der Waals surface area contributed by atoms with E-state index in [0.717, 1.165) is 13.0 Å². The van der Waals surface area contributed by atoms with Crippen molar-refractivity contribution >= 4 is 0 Å². The van der Waals surface area contributed by atoms with Crippen molar-refractivity contribution in [2.24, 2.45) is 0 Å². The van der Waals surface area contributed by atoms with E-state index in [1.165, 1.54) is 25.0 Å². The summed E-state index contributed by atoms with van der Waals surface area (Å²) in [4.78, 5) is 5.84. The van der Waals surface area contributed by atoms with Crippen molar-refractivity contribution in [3.8, 4) is 0 Å². The minimum absolute atomic E-state index is 0.136. The Morgan fingerprint density at radius 2 is 1.85 bits per heavy atom. The van der Waals surface area contributed by atoms with Crippen molar-refractivity contribution in [3.63, 3.8) is 0 Å². The molecule has 0 unspecified atom stereocenters. The predicted octanol–water partition coefficient (Wildman–Crippen LogP) is 2.86. The topological polar surface area (TPSA) is 12.5 Å². The molecule has 2 heteroatoms. The van der Waals surface area contributed by atoms with Crippen LogP contribution >= 0.6 is 0 Å². The molecular formula is C11H19NO. The van der Waals surface area contributed by atoms with Crippen LogP contribution in [0.15, 0.2) is 11.3 Å². The zero-order valence-corrected chi connectivity index (χ0v) is 8.89. The highest BCUT2D eigenvalue weighted by molar-refractivity contribution is 5.17. The average molecular weight is 181 g/mol. The molecule has 0 spiro atoms. The molecule has 1 aliphatic carbocycles. The largest absolute Gasteiger partial charge is 0.410 e. The molecule has 0 aromatic heterocycles. The molecular weight excluding hydrogens is 162 g/mol. The first-order chi connectivity index (χ1) is 6.07. The SMILES string of the molecule is CC(C)(C)N1CC2=C(CCCC2)O1. The maximum atomic E-state index is 5.84. The molecule has 0 fully saturated rings. The molecule has 74 valence electrons. The zero-order valence-electron chi connectivity index (χ0n) is 8.89. The van der Waals surface area contributed by atoms with Gasteiger partial charge in [-0.05, 0) is 45.6 Å². The highest BCUT2D eigenvalue weighted by atomic mass is 16.7. The molecule has 2 nitrogen and oxygen atoms in total. The van der Waals surface area contributed by atoms with Gasteiger partial charge in [-0.1, -0.05) is 0 Å². The van der Waals surface area contributed by atoms with Crippen molar-refractivity contribution in [2.45, 2.75) is 52.0 Å².